The highest BCUT2D eigenvalue weighted by Crippen LogP contribution is 2.36. The highest BCUT2D eigenvalue weighted by atomic mass is 17.3. The summed E-state index contributed by atoms with van der Waals surface area (Å²) in [4.78, 5) is 42.9. The zero-order valence-electron chi connectivity index (χ0n) is 12.6. The Morgan fingerprint density at radius 1 is 1.20 bits per heavy atom. The molecule has 0 spiro atoms. The van der Waals surface area contributed by atoms with E-state index >= 15 is 0 Å². The summed E-state index contributed by atoms with van der Waals surface area (Å²) in [6.07, 6.45) is 2.88. The fourth-order valence-corrected chi connectivity index (χ4v) is 2.28. The number of rotatable bonds is 7. The van der Waals surface area contributed by atoms with Crippen LogP contribution in [-0.4, -0.2) is 23.6 Å². The van der Waals surface area contributed by atoms with Crippen LogP contribution in [-0.2, 0) is 29.1 Å². The van der Waals surface area contributed by atoms with Gasteiger partial charge in [0, 0.05) is 0 Å². The maximum atomic E-state index is 12.0. The highest BCUT2D eigenvalue weighted by Gasteiger charge is 2.58. The van der Waals surface area contributed by atoms with Crippen LogP contribution in [0.3, 0.4) is 0 Å². The second kappa shape index (κ2) is 7.59. The van der Waals surface area contributed by atoms with Crippen molar-refractivity contribution in [3.63, 3.8) is 0 Å². The number of carbonyl (C=O) groups is 2. The summed E-state index contributed by atoms with van der Waals surface area (Å²) >= 11 is 0. The van der Waals surface area contributed by atoms with Crippen LogP contribution in [0.25, 0.3) is 0 Å². The summed E-state index contributed by atoms with van der Waals surface area (Å²) < 4.78 is 0. The fourth-order valence-electron chi connectivity index (χ4n) is 2.28. The average molecular weight is 288 g/mol. The minimum atomic E-state index is -1.15. The van der Waals surface area contributed by atoms with Crippen molar-refractivity contribution < 1.29 is 29.1 Å². The third kappa shape index (κ3) is 3.30. The van der Waals surface area contributed by atoms with Gasteiger partial charge in [-0.3, -0.25) is 0 Å². The Balaban J connectivity index is 2.52. The van der Waals surface area contributed by atoms with Gasteiger partial charge in [0.05, 0.1) is 5.92 Å². The molecule has 6 nitrogen and oxygen atoms in total. The average Bonchev–Trinajstić information content (AvgIpc) is 2.42. The molecule has 3 atom stereocenters. The van der Waals surface area contributed by atoms with E-state index in [0.29, 0.717) is 25.7 Å². The SMILES string of the molecule is CCCC(CC)C(=O)OOC(=O)C1(CC)OOC1CC. The second-order valence-corrected chi connectivity index (χ2v) is 4.99. The molecule has 1 aliphatic rings. The van der Waals surface area contributed by atoms with Crippen molar-refractivity contribution >= 4 is 11.9 Å². The number of hydrogen-bond donors (Lipinski definition) is 0. The highest BCUT2D eigenvalue weighted by molar-refractivity contribution is 5.81. The van der Waals surface area contributed by atoms with Gasteiger partial charge in [-0.15, -0.1) is 0 Å². The summed E-state index contributed by atoms with van der Waals surface area (Å²) in [6, 6.07) is 0. The first-order valence-corrected chi connectivity index (χ1v) is 7.32. The van der Waals surface area contributed by atoms with Gasteiger partial charge in [-0.25, -0.2) is 29.1 Å². The standard InChI is InChI=1S/C14H24O6/c1-5-9-10(6-2)12(15)18-19-13(16)14(8-4)11(7-3)17-20-14/h10-11H,5-9H2,1-4H3. The van der Waals surface area contributed by atoms with Gasteiger partial charge in [0.2, 0.25) is 5.60 Å². The van der Waals surface area contributed by atoms with Gasteiger partial charge in [0.25, 0.3) is 0 Å². The van der Waals surface area contributed by atoms with Crippen molar-refractivity contribution in [2.45, 2.75) is 71.5 Å². The molecule has 0 aromatic rings. The summed E-state index contributed by atoms with van der Waals surface area (Å²) in [7, 11) is 0. The van der Waals surface area contributed by atoms with Gasteiger partial charge in [0.1, 0.15) is 6.10 Å². The third-order valence-electron chi connectivity index (χ3n) is 3.74. The first-order valence-electron chi connectivity index (χ1n) is 7.32. The molecule has 0 N–H and O–H groups in total. The topological polar surface area (TPSA) is 71.1 Å². The van der Waals surface area contributed by atoms with Crippen LogP contribution in [0.1, 0.15) is 59.8 Å². The molecule has 6 heteroatoms. The molecular weight excluding hydrogens is 264 g/mol. The number of carbonyl (C=O) groups excluding carboxylic acids is 2. The van der Waals surface area contributed by atoms with Crippen LogP contribution in [0.2, 0.25) is 0 Å². The van der Waals surface area contributed by atoms with Gasteiger partial charge < -0.3 is 0 Å². The molecule has 0 aliphatic carbocycles. The lowest BCUT2D eigenvalue weighted by atomic mass is 9.90. The Morgan fingerprint density at radius 3 is 2.30 bits per heavy atom. The molecule has 1 saturated heterocycles. The Morgan fingerprint density at radius 2 is 1.90 bits per heavy atom. The minimum absolute atomic E-state index is 0.245. The Kier molecular flexibility index (Phi) is 6.42. The third-order valence-corrected chi connectivity index (χ3v) is 3.74. The fraction of sp³-hybridized carbons (Fsp3) is 0.857. The predicted molar refractivity (Wildman–Crippen MR) is 70.1 cm³/mol. The van der Waals surface area contributed by atoms with E-state index in [9.17, 15) is 9.59 Å². The molecule has 0 radical (unpaired) electrons. The zero-order chi connectivity index (χ0) is 15.2. The molecular formula is C14H24O6. The largest absolute Gasteiger partial charge is 0.393 e. The lowest BCUT2D eigenvalue weighted by Crippen LogP contribution is -2.61. The normalized spacial score (nSPS) is 26.5. The summed E-state index contributed by atoms with van der Waals surface area (Å²) in [6.45, 7) is 7.55. The second-order valence-electron chi connectivity index (χ2n) is 4.99. The van der Waals surface area contributed by atoms with Crippen molar-refractivity contribution in [2.75, 3.05) is 0 Å². The molecule has 0 saturated carbocycles. The molecule has 1 aliphatic heterocycles. The Bertz CT molecular complexity index is 337. The molecule has 0 amide bonds. The molecule has 0 bridgehead atoms. The summed E-state index contributed by atoms with van der Waals surface area (Å²) in [5.74, 6) is -1.47. The number of hydrogen-bond acceptors (Lipinski definition) is 6. The van der Waals surface area contributed by atoms with Crippen LogP contribution >= 0.6 is 0 Å². The van der Waals surface area contributed by atoms with E-state index in [1.807, 2.05) is 20.8 Å². The summed E-state index contributed by atoms with van der Waals surface area (Å²) in [5, 5.41) is 0. The molecule has 20 heavy (non-hydrogen) atoms. The maximum Gasteiger partial charge on any atom is 0.393 e. The van der Waals surface area contributed by atoms with E-state index in [0.717, 1.165) is 6.42 Å². The van der Waals surface area contributed by atoms with E-state index in [1.165, 1.54) is 0 Å². The lowest BCUT2D eigenvalue weighted by Gasteiger charge is -2.42. The molecule has 0 aromatic heterocycles. The van der Waals surface area contributed by atoms with Crippen LogP contribution in [0, 0.1) is 5.92 Å². The van der Waals surface area contributed by atoms with E-state index in [1.54, 1.807) is 6.92 Å². The van der Waals surface area contributed by atoms with Crippen molar-refractivity contribution in [3.05, 3.63) is 0 Å². The van der Waals surface area contributed by atoms with E-state index in [-0.39, 0.29) is 12.0 Å². The smallest absolute Gasteiger partial charge is 0.247 e. The van der Waals surface area contributed by atoms with Gasteiger partial charge in [-0.05, 0) is 25.7 Å². The Hall–Kier alpha value is -1.14. The van der Waals surface area contributed by atoms with Gasteiger partial charge in [-0.2, -0.15) is 0 Å². The van der Waals surface area contributed by atoms with Crippen molar-refractivity contribution in [3.8, 4) is 0 Å². The monoisotopic (exact) mass is 288 g/mol. The molecule has 1 rings (SSSR count). The minimum Gasteiger partial charge on any atom is -0.247 e. The van der Waals surface area contributed by atoms with E-state index in [4.69, 9.17) is 9.78 Å². The summed E-state index contributed by atoms with van der Waals surface area (Å²) in [5.41, 5.74) is -1.15. The van der Waals surface area contributed by atoms with Crippen LogP contribution < -0.4 is 0 Å². The lowest BCUT2D eigenvalue weighted by molar-refractivity contribution is -0.501. The molecule has 1 fully saturated rings. The first kappa shape index (κ1) is 16.9. The molecule has 1 heterocycles. The molecule has 3 unspecified atom stereocenters. The first-order chi connectivity index (χ1) is 9.55. The zero-order valence-corrected chi connectivity index (χ0v) is 12.6. The van der Waals surface area contributed by atoms with Crippen LogP contribution in [0.5, 0.6) is 0 Å². The Labute approximate surface area is 119 Å². The molecule has 116 valence electrons. The van der Waals surface area contributed by atoms with Crippen molar-refractivity contribution in [2.24, 2.45) is 5.92 Å². The maximum absolute atomic E-state index is 12.0. The van der Waals surface area contributed by atoms with E-state index in [2.05, 4.69) is 9.78 Å². The molecule has 0 aromatic carbocycles. The predicted octanol–water partition coefficient (Wildman–Crippen LogP) is 2.70. The van der Waals surface area contributed by atoms with Crippen molar-refractivity contribution in [1.82, 2.24) is 0 Å². The van der Waals surface area contributed by atoms with Gasteiger partial charge in [-0.1, -0.05) is 34.1 Å². The van der Waals surface area contributed by atoms with E-state index < -0.39 is 17.5 Å². The quantitative estimate of drug-likeness (QED) is 0.530. The van der Waals surface area contributed by atoms with Crippen LogP contribution in [0.4, 0.5) is 0 Å². The van der Waals surface area contributed by atoms with Gasteiger partial charge in [0.15, 0.2) is 0 Å². The van der Waals surface area contributed by atoms with Crippen LogP contribution in [0.15, 0.2) is 0 Å². The van der Waals surface area contributed by atoms with Crippen molar-refractivity contribution in [1.29, 1.82) is 0 Å². The van der Waals surface area contributed by atoms with Gasteiger partial charge >= 0.3 is 11.9 Å².